The van der Waals surface area contributed by atoms with Crippen LogP contribution in [-0.4, -0.2) is 36.6 Å². The lowest BCUT2D eigenvalue weighted by molar-refractivity contribution is 0.0599. The molecule has 4 nitrogen and oxygen atoms in total. The van der Waals surface area contributed by atoms with Crippen molar-refractivity contribution in [3.05, 3.63) is 23.4 Å². The van der Waals surface area contributed by atoms with Crippen LogP contribution in [0.2, 0.25) is 0 Å². The molecule has 0 spiro atoms. The molecule has 0 aliphatic carbocycles. The molecule has 5 heteroatoms. The van der Waals surface area contributed by atoms with Crippen molar-refractivity contribution in [2.45, 2.75) is 32.6 Å². The van der Waals surface area contributed by atoms with E-state index in [1.165, 1.54) is 32.1 Å². The summed E-state index contributed by atoms with van der Waals surface area (Å²) in [6, 6.07) is 3.59. The van der Waals surface area contributed by atoms with Gasteiger partial charge in [0.05, 0.1) is 18.4 Å². The minimum atomic E-state index is -0.338. The van der Waals surface area contributed by atoms with Gasteiger partial charge in [0.25, 0.3) is 0 Å². The fraction of sp³-hybridized carbons (Fsp3) is 0.600. The summed E-state index contributed by atoms with van der Waals surface area (Å²) in [7, 11) is 1.38. The number of esters is 1. The minimum absolute atomic E-state index is 0.338. The molecule has 0 saturated carbocycles. The first-order valence-corrected chi connectivity index (χ1v) is 8.37. The van der Waals surface area contributed by atoms with E-state index in [-0.39, 0.29) is 5.97 Å². The molecule has 0 amide bonds. The number of carbonyl (C=O) groups is 1. The first-order valence-electron chi connectivity index (χ1n) is 6.97. The van der Waals surface area contributed by atoms with Crippen molar-refractivity contribution in [2.24, 2.45) is 0 Å². The normalized spacial score (nSPS) is 10.3. The van der Waals surface area contributed by atoms with Crippen molar-refractivity contribution >= 4 is 23.5 Å². The predicted molar refractivity (Wildman–Crippen MR) is 85.7 cm³/mol. The number of aryl methyl sites for hydroxylation is 1. The van der Waals surface area contributed by atoms with Gasteiger partial charge in [-0.25, -0.2) is 9.78 Å². The largest absolute Gasteiger partial charge is 0.465 e. The number of thioether (sulfide) groups is 1. The summed E-state index contributed by atoms with van der Waals surface area (Å²) in [5.41, 5.74) is 1.22. The molecule has 0 aliphatic heterocycles. The molecule has 112 valence electrons. The molecule has 1 heterocycles. The Morgan fingerprint density at radius 1 is 1.30 bits per heavy atom. The average Bonchev–Trinajstić information content (AvgIpc) is 2.45. The predicted octanol–water partition coefficient (Wildman–Crippen LogP) is 3.51. The Balaban J connectivity index is 2.31. The molecule has 20 heavy (non-hydrogen) atoms. The Hall–Kier alpha value is -1.23. The van der Waals surface area contributed by atoms with E-state index in [1.54, 1.807) is 6.07 Å². The number of hydrogen-bond donors (Lipinski definition) is 1. The highest BCUT2D eigenvalue weighted by Crippen LogP contribution is 2.12. The fourth-order valence-electron chi connectivity index (χ4n) is 1.93. The highest BCUT2D eigenvalue weighted by molar-refractivity contribution is 7.98. The maximum absolute atomic E-state index is 11.4. The van der Waals surface area contributed by atoms with Gasteiger partial charge >= 0.3 is 5.97 Å². The Kier molecular flexibility index (Phi) is 8.11. The van der Waals surface area contributed by atoms with E-state index < -0.39 is 0 Å². The maximum atomic E-state index is 11.4. The fourth-order valence-corrected chi connectivity index (χ4v) is 2.42. The standard InChI is InChI=1S/C15H24N2O2S/c1-12-13(15(18)19-2)8-9-14(17-12)16-10-6-4-5-7-11-20-3/h8-9H,4-7,10-11H2,1-3H3,(H,16,17). The number of unbranched alkanes of at least 4 members (excludes halogenated alkanes) is 3. The lowest BCUT2D eigenvalue weighted by Gasteiger charge is -2.08. The second-order valence-electron chi connectivity index (χ2n) is 4.65. The van der Waals surface area contributed by atoms with Gasteiger partial charge in [0.15, 0.2) is 0 Å². The van der Waals surface area contributed by atoms with E-state index in [9.17, 15) is 4.79 Å². The molecule has 0 aliphatic rings. The van der Waals surface area contributed by atoms with E-state index in [0.29, 0.717) is 11.3 Å². The number of rotatable bonds is 9. The molecule has 0 atom stereocenters. The van der Waals surface area contributed by atoms with Crippen LogP contribution < -0.4 is 5.32 Å². The Bertz CT molecular complexity index is 424. The van der Waals surface area contributed by atoms with E-state index in [4.69, 9.17) is 4.74 Å². The quantitative estimate of drug-likeness (QED) is 0.558. The lowest BCUT2D eigenvalue weighted by atomic mass is 10.2. The summed E-state index contributed by atoms with van der Waals surface area (Å²) in [6.07, 6.45) is 7.12. The monoisotopic (exact) mass is 296 g/mol. The first kappa shape index (κ1) is 16.8. The third-order valence-corrected chi connectivity index (χ3v) is 3.77. The van der Waals surface area contributed by atoms with Crippen LogP contribution in [-0.2, 0) is 4.74 Å². The molecule has 0 bridgehead atoms. The highest BCUT2D eigenvalue weighted by Gasteiger charge is 2.10. The molecule has 0 saturated heterocycles. The van der Waals surface area contributed by atoms with Crippen LogP contribution in [0.1, 0.15) is 41.7 Å². The topological polar surface area (TPSA) is 51.2 Å². The second kappa shape index (κ2) is 9.64. The molecular formula is C15H24N2O2S. The molecule has 1 N–H and O–H groups in total. The average molecular weight is 296 g/mol. The third kappa shape index (κ3) is 5.82. The molecule has 0 fully saturated rings. The summed E-state index contributed by atoms with van der Waals surface area (Å²) in [5, 5.41) is 3.29. The maximum Gasteiger partial charge on any atom is 0.339 e. The van der Waals surface area contributed by atoms with Gasteiger partial charge in [-0.3, -0.25) is 0 Å². The van der Waals surface area contributed by atoms with Crippen LogP contribution >= 0.6 is 11.8 Å². The van der Waals surface area contributed by atoms with E-state index in [2.05, 4.69) is 16.6 Å². The zero-order valence-electron chi connectivity index (χ0n) is 12.6. The number of carbonyl (C=O) groups excluding carboxylic acids is 1. The molecular weight excluding hydrogens is 272 g/mol. The summed E-state index contributed by atoms with van der Waals surface area (Å²) in [6.45, 7) is 2.74. The number of hydrogen-bond acceptors (Lipinski definition) is 5. The smallest absolute Gasteiger partial charge is 0.339 e. The van der Waals surface area contributed by atoms with E-state index in [0.717, 1.165) is 18.8 Å². The highest BCUT2D eigenvalue weighted by atomic mass is 32.2. The summed E-state index contributed by atoms with van der Waals surface area (Å²) in [4.78, 5) is 15.8. The number of aromatic nitrogens is 1. The molecule has 0 radical (unpaired) electrons. The number of anilines is 1. The van der Waals surface area contributed by atoms with E-state index >= 15 is 0 Å². The van der Waals surface area contributed by atoms with Crippen LogP contribution in [0.4, 0.5) is 5.82 Å². The summed E-state index contributed by atoms with van der Waals surface area (Å²) in [5.74, 6) is 1.73. The van der Waals surface area contributed by atoms with Crippen molar-refractivity contribution in [1.82, 2.24) is 4.98 Å². The third-order valence-electron chi connectivity index (χ3n) is 3.07. The molecule has 1 aromatic heterocycles. The summed E-state index contributed by atoms with van der Waals surface area (Å²) >= 11 is 1.91. The molecule has 0 unspecified atom stereocenters. The number of nitrogens with zero attached hydrogens (tertiary/aromatic N) is 1. The van der Waals surface area contributed by atoms with Crippen LogP contribution in [0.25, 0.3) is 0 Å². The van der Waals surface area contributed by atoms with Crippen molar-refractivity contribution in [3.63, 3.8) is 0 Å². The van der Waals surface area contributed by atoms with E-state index in [1.807, 2.05) is 24.8 Å². The van der Waals surface area contributed by atoms with Crippen molar-refractivity contribution < 1.29 is 9.53 Å². The van der Waals surface area contributed by atoms with Gasteiger partial charge in [0.2, 0.25) is 0 Å². The Morgan fingerprint density at radius 3 is 2.70 bits per heavy atom. The van der Waals surface area contributed by atoms with Crippen LogP contribution in [0.5, 0.6) is 0 Å². The van der Waals surface area contributed by atoms with Crippen molar-refractivity contribution in [1.29, 1.82) is 0 Å². The van der Waals surface area contributed by atoms with Crippen molar-refractivity contribution in [2.75, 3.05) is 31.0 Å². The van der Waals surface area contributed by atoms with Gasteiger partial charge in [-0.05, 0) is 43.9 Å². The van der Waals surface area contributed by atoms with Crippen molar-refractivity contribution in [3.8, 4) is 0 Å². The molecule has 1 aromatic rings. The second-order valence-corrected chi connectivity index (χ2v) is 5.64. The SMILES string of the molecule is COC(=O)c1ccc(NCCCCCCSC)nc1C. The number of methoxy groups -OCH3 is 1. The van der Waals surface area contributed by atoms with Gasteiger partial charge in [0.1, 0.15) is 5.82 Å². The number of pyridine rings is 1. The zero-order valence-corrected chi connectivity index (χ0v) is 13.4. The van der Waals surface area contributed by atoms with Crippen LogP contribution in [0, 0.1) is 6.92 Å². The summed E-state index contributed by atoms with van der Waals surface area (Å²) < 4.78 is 4.70. The molecule has 1 rings (SSSR count). The van der Waals surface area contributed by atoms with Gasteiger partial charge < -0.3 is 10.1 Å². The minimum Gasteiger partial charge on any atom is -0.465 e. The number of ether oxygens (including phenoxy) is 1. The number of nitrogens with one attached hydrogen (secondary N) is 1. The van der Waals surface area contributed by atoms with Gasteiger partial charge in [-0.1, -0.05) is 12.8 Å². The Morgan fingerprint density at radius 2 is 2.05 bits per heavy atom. The van der Waals surface area contributed by atoms with Gasteiger partial charge in [-0.2, -0.15) is 11.8 Å². The Labute approximate surface area is 125 Å². The zero-order chi connectivity index (χ0) is 14.8. The van der Waals surface area contributed by atoms with Crippen LogP contribution in [0.15, 0.2) is 12.1 Å². The van der Waals surface area contributed by atoms with Gasteiger partial charge in [0, 0.05) is 6.54 Å². The molecule has 0 aromatic carbocycles. The lowest BCUT2D eigenvalue weighted by Crippen LogP contribution is -2.08. The first-order chi connectivity index (χ1) is 9.69. The van der Waals surface area contributed by atoms with Crippen LogP contribution in [0.3, 0.4) is 0 Å². The van der Waals surface area contributed by atoms with Gasteiger partial charge in [-0.15, -0.1) is 0 Å².